The summed E-state index contributed by atoms with van der Waals surface area (Å²) in [5, 5.41) is 7.49. The second kappa shape index (κ2) is 6.47. The zero-order chi connectivity index (χ0) is 15.4. The van der Waals surface area contributed by atoms with Gasteiger partial charge in [0.25, 0.3) is 0 Å². The van der Waals surface area contributed by atoms with Crippen molar-refractivity contribution < 1.29 is 9.53 Å². The quantitative estimate of drug-likeness (QED) is 0.736. The summed E-state index contributed by atoms with van der Waals surface area (Å²) in [5.41, 5.74) is -0.270. The number of fused-ring (bicyclic) bond motifs is 1. The second-order valence-corrected chi connectivity index (χ2v) is 4.86. The number of hydrogen-bond donors (Lipinski definition) is 0. The maximum Gasteiger partial charge on any atom is 0.361 e. The zero-order valence-electron chi connectivity index (χ0n) is 12.4. The third-order valence-electron chi connectivity index (χ3n) is 3.30. The molecule has 114 valence electrons. The Hall–Kier alpha value is -2.25. The molecule has 0 amide bonds. The van der Waals surface area contributed by atoms with Crippen LogP contribution in [0.1, 0.15) is 50.0 Å². The molecule has 0 saturated carbocycles. The summed E-state index contributed by atoms with van der Waals surface area (Å²) < 4.78 is 7.68. The van der Waals surface area contributed by atoms with E-state index in [0.717, 1.165) is 30.4 Å². The maximum atomic E-state index is 12.2. The van der Waals surface area contributed by atoms with Crippen LogP contribution in [0.2, 0.25) is 0 Å². The molecular weight excluding hydrogens is 274 g/mol. The summed E-state index contributed by atoms with van der Waals surface area (Å²) in [4.78, 5) is 27.9. The van der Waals surface area contributed by atoms with Gasteiger partial charge in [0.1, 0.15) is 12.4 Å². The molecule has 1 atom stereocenters. The van der Waals surface area contributed by atoms with Crippen LogP contribution in [-0.2, 0) is 11.8 Å². The van der Waals surface area contributed by atoms with Crippen molar-refractivity contribution in [2.45, 2.75) is 45.6 Å². The van der Waals surface area contributed by atoms with E-state index < -0.39 is 11.7 Å². The van der Waals surface area contributed by atoms with Gasteiger partial charge in [0.2, 0.25) is 0 Å². The third kappa shape index (κ3) is 3.09. The first-order valence-electron chi connectivity index (χ1n) is 7.06. The molecule has 0 radical (unpaired) electrons. The lowest BCUT2D eigenvalue weighted by molar-refractivity contribution is 0.0264. The minimum atomic E-state index is -0.567. The van der Waals surface area contributed by atoms with E-state index in [1.807, 2.05) is 6.92 Å². The second-order valence-electron chi connectivity index (χ2n) is 4.86. The van der Waals surface area contributed by atoms with Gasteiger partial charge >= 0.3 is 11.7 Å². The van der Waals surface area contributed by atoms with Crippen molar-refractivity contribution in [1.29, 1.82) is 0 Å². The smallest absolute Gasteiger partial charge is 0.361 e. The molecule has 2 aromatic rings. The van der Waals surface area contributed by atoms with Gasteiger partial charge in [-0.15, -0.1) is 5.10 Å². The van der Waals surface area contributed by atoms with Crippen LogP contribution in [-0.4, -0.2) is 36.5 Å². The highest BCUT2D eigenvalue weighted by Gasteiger charge is 2.21. The van der Waals surface area contributed by atoms with Crippen molar-refractivity contribution >= 4 is 11.6 Å². The third-order valence-corrected chi connectivity index (χ3v) is 3.30. The minimum absolute atomic E-state index is 0.0233. The average Bonchev–Trinajstić information content (AvgIpc) is 2.91. The fraction of sp³-hybridized carbons (Fsp3) is 0.615. The molecule has 0 aliphatic carbocycles. The molecule has 2 aromatic heterocycles. The lowest BCUT2D eigenvalue weighted by atomic mass is 10.1. The Morgan fingerprint density at radius 1 is 1.43 bits per heavy atom. The number of ether oxygens (including phenoxy) is 1. The van der Waals surface area contributed by atoms with Crippen LogP contribution in [0.3, 0.4) is 0 Å². The lowest BCUT2D eigenvalue weighted by Gasteiger charge is -2.14. The van der Waals surface area contributed by atoms with Crippen molar-refractivity contribution in [3.63, 3.8) is 0 Å². The molecule has 1 unspecified atom stereocenters. The van der Waals surface area contributed by atoms with Crippen LogP contribution < -0.4 is 5.69 Å². The average molecular weight is 293 g/mol. The Kier molecular flexibility index (Phi) is 4.66. The zero-order valence-corrected chi connectivity index (χ0v) is 12.4. The van der Waals surface area contributed by atoms with Gasteiger partial charge in [0, 0.05) is 7.05 Å². The molecule has 8 heteroatoms. The number of aromatic nitrogens is 5. The standard InChI is InChI=1S/C13H19N5O3/c1-4-6-7-9(5-2)21-12(19)10-11-15-16-17(3)13(20)18(11)8-14-10/h8-9H,4-7H2,1-3H3. The fourth-order valence-electron chi connectivity index (χ4n) is 2.01. The molecule has 2 rings (SSSR count). The van der Waals surface area contributed by atoms with E-state index in [2.05, 4.69) is 22.2 Å². The Balaban J connectivity index is 2.24. The van der Waals surface area contributed by atoms with Crippen molar-refractivity contribution in [3.05, 3.63) is 22.5 Å². The number of nitrogens with zero attached hydrogens (tertiary/aromatic N) is 5. The summed E-state index contributed by atoms with van der Waals surface area (Å²) in [6, 6.07) is 0. The first-order valence-corrected chi connectivity index (χ1v) is 7.06. The highest BCUT2D eigenvalue weighted by molar-refractivity contribution is 5.93. The molecule has 21 heavy (non-hydrogen) atoms. The van der Waals surface area contributed by atoms with Crippen molar-refractivity contribution in [2.75, 3.05) is 0 Å². The van der Waals surface area contributed by atoms with Crippen LogP contribution in [0.5, 0.6) is 0 Å². The van der Waals surface area contributed by atoms with E-state index in [0.29, 0.717) is 0 Å². The first-order chi connectivity index (χ1) is 10.1. The molecule has 8 nitrogen and oxygen atoms in total. The molecule has 0 N–H and O–H groups in total. The summed E-state index contributed by atoms with van der Waals surface area (Å²) in [6.45, 7) is 4.05. The van der Waals surface area contributed by atoms with E-state index in [4.69, 9.17) is 4.74 Å². The van der Waals surface area contributed by atoms with E-state index >= 15 is 0 Å². The molecule has 2 heterocycles. The van der Waals surface area contributed by atoms with E-state index in [1.165, 1.54) is 17.8 Å². The minimum Gasteiger partial charge on any atom is -0.458 e. The molecular formula is C13H19N5O3. The van der Waals surface area contributed by atoms with Crippen LogP contribution in [0.4, 0.5) is 0 Å². The van der Waals surface area contributed by atoms with Gasteiger partial charge < -0.3 is 4.74 Å². The Labute approximate surface area is 121 Å². The van der Waals surface area contributed by atoms with Crippen LogP contribution in [0, 0.1) is 0 Å². The first kappa shape index (κ1) is 15.1. The molecule has 0 aliphatic rings. The Morgan fingerprint density at radius 3 is 2.86 bits per heavy atom. The van der Waals surface area contributed by atoms with Gasteiger partial charge in [-0.05, 0) is 12.8 Å². The number of esters is 1. The SMILES string of the molecule is CCCCC(CC)OC(=O)c1ncn2c(=O)n(C)nnc12. The number of unbranched alkanes of at least 4 members (excludes halogenated alkanes) is 1. The van der Waals surface area contributed by atoms with Gasteiger partial charge in [0.05, 0.1) is 0 Å². The molecule has 0 aliphatic heterocycles. The van der Waals surface area contributed by atoms with Crippen molar-refractivity contribution in [3.8, 4) is 0 Å². The van der Waals surface area contributed by atoms with Crippen molar-refractivity contribution in [2.24, 2.45) is 7.05 Å². The number of aryl methyl sites for hydroxylation is 1. The van der Waals surface area contributed by atoms with Gasteiger partial charge in [-0.2, -0.15) is 4.68 Å². The van der Waals surface area contributed by atoms with Crippen LogP contribution in [0.25, 0.3) is 5.65 Å². The highest BCUT2D eigenvalue weighted by atomic mass is 16.5. The fourth-order valence-corrected chi connectivity index (χ4v) is 2.01. The highest BCUT2D eigenvalue weighted by Crippen LogP contribution is 2.12. The molecule has 0 saturated heterocycles. The maximum absolute atomic E-state index is 12.2. The molecule has 0 spiro atoms. The van der Waals surface area contributed by atoms with Crippen LogP contribution >= 0.6 is 0 Å². The topological polar surface area (TPSA) is 91.4 Å². The predicted molar refractivity (Wildman–Crippen MR) is 75.0 cm³/mol. The molecule has 0 bridgehead atoms. The summed E-state index contributed by atoms with van der Waals surface area (Å²) >= 11 is 0. The van der Waals surface area contributed by atoms with E-state index in [1.54, 1.807) is 0 Å². The molecule has 0 fully saturated rings. The van der Waals surface area contributed by atoms with Gasteiger partial charge in [0.15, 0.2) is 11.3 Å². The summed E-state index contributed by atoms with van der Waals surface area (Å²) in [7, 11) is 1.48. The van der Waals surface area contributed by atoms with Gasteiger partial charge in [-0.1, -0.05) is 31.9 Å². The number of rotatable bonds is 6. The number of carbonyl (C=O) groups is 1. The summed E-state index contributed by atoms with van der Waals surface area (Å²) in [6.07, 6.45) is 4.71. The predicted octanol–water partition coefficient (Wildman–Crippen LogP) is 0.949. The van der Waals surface area contributed by atoms with E-state index in [9.17, 15) is 9.59 Å². The van der Waals surface area contributed by atoms with Crippen LogP contribution in [0.15, 0.2) is 11.1 Å². The molecule has 0 aromatic carbocycles. The Bertz CT molecular complexity index is 691. The Morgan fingerprint density at radius 2 is 2.19 bits per heavy atom. The van der Waals surface area contributed by atoms with E-state index in [-0.39, 0.29) is 17.4 Å². The number of carbonyl (C=O) groups excluding carboxylic acids is 1. The number of hydrogen-bond acceptors (Lipinski definition) is 6. The largest absolute Gasteiger partial charge is 0.458 e. The number of imidazole rings is 1. The lowest BCUT2D eigenvalue weighted by Crippen LogP contribution is -2.27. The monoisotopic (exact) mass is 293 g/mol. The van der Waals surface area contributed by atoms with Gasteiger partial charge in [-0.3, -0.25) is 0 Å². The van der Waals surface area contributed by atoms with Crippen molar-refractivity contribution in [1.82, 2.24) is 24.4 Å². The summed E-state index contributed by atoms with van der Waals surface area (Å²) in [5.74, 6) is -0.567. The van der Waals surface area contributed by atoms with Gasteiger partial charge in [-0.25, -0.2) is 19.0 Å². The normalized spacial score (nSPS) is 12.5.